The highest BCUT2D eigenvalue weighted by Gasteiger charge is 2.29. The third kappa shape index (κ3) is 5.80. The summed E-state index contributed by atoms with van der Waals surface area (Å²) in [6.45, 7) is 6.77. The molecule has 1 aromatic carbocycles. The van der Waals surface area contributed by atoms with Crippen molar-refractivity contribution >= 4 is 32.8 Å². The number of rotatable bonds is 11. The molecule has 3 rings (SSSR count). The predicted octanol–water partition coefficient (Wildman–Crippen LogP) is 2.36. The maximum atomic E-state index is 13.5. The van der Waals surface area contributed by atoms with Crippen LogP contribution in [0, 0.1) is 5.92 Å². The second kappa shape index (κ2) is 10.5. The number of benzene rings is 1. The number of fused-ring (bicyclic) bond motifs is 1. The molecule has 0 unspecified atom stereocenters. The number of carbonyl (C=O) groups is 2. The number of nitrogens with zero attached hydrogens (tertiary/aromatic N) is 2. The molecule has 0 aliphatic heterocycles. The third-order valence-corrected chi connectivity index (χ3v) is 7.79. The molecule has 1 amide bonds. The van der Waals surface area contributed by atoms with E-state index in [1.807, 2.05) is 0 Å². The van der Waals surface area contributed by atoms with Gasteiger partial charge in [-0.3, -0.25) is 14.4 Å². The molecule has 2 aromatic rings. The third-order valence-electron chi connectivity index (χ3n) is 5.74. The lowest BCUT2D eigenvalue weighted by Crippen LogP contribution is -2.35. The van der Waals surface area contributed by atoms with Crippen molar-refractivity contribution in [1.82, 2.24) is 14.2 Å². The van der Waals surface area contributed by atoms with Gasteiger partial charge in [-0.2, -0.15) is 4.31 Å². The second-order valence-electron chi connectivity index (χ2n) is 8.09. The molecule has 0 spiro atoms. The predicted molar refractivity (Wildman–Crippen MR) is 125 cm³/mol. The zero-order valence-electron chi connectivity index (χ0n) is 19.3. The van der Waals surface area contributed by atoms with E-state index in [2.05, 4.69) is 4.98 Å². The van der Waals surface area contributed by atoms with Gasteiger partial charge in [0.15, 0.2) is 0 Å². The second-order valence-corrected chi connectivity index (χ2v) is 10.0. The Morgan fingerprint density at radius 2 is 1.82 bits per heavy atom. The van der Waals surface area contributed by atoms with Gasteiger partial charge in [-0.25, -0.2) is 8.42 Å². The summed E-state index contributed by atoms with van der Waals surface area (Å²) in [5.74, 6) is -0.433. The monoisotopic (exact) mass is 477 g/mol. The molecule has 9 nitrogen and oxygen atoms in total. The van der Waals surface area contributed by atoms with Crippen molar-refractivity contribution in [3.05, 3.63) is 40.2 Å². The Hall–Kier alpha value is -2.72. The smallest absolute Gasteiger partial charge is 0.307 e. The van der Waals surface area contributed by atoms with E-state index in [0.29, 0.717) is 36.5 Å². The number of hydrogen-bond acceptors (Lipinski definition) is 6. The van der Waals surface area contributed by atoms with E-state index < -0.39 is 27.5 Å². The number of nitrogens with one attached hydrogen (secondary N) is 1. The Morgan fingerprint density at radius 1 is 1.12 bits per heavy atom. The van der Waals surface area contributed by atoms with E-state index >= 15 is 0 Å². The number of esters is 1. The first kappa shape index (κ1) is 24.9. The van der Waals surface area contributed by atoms with Gasteiger partial charge in [0.05, 0.1) is 23.5 Å². The van der Waals surface area contributed by atoms with Gasteiger partial charge in [0.25, 0.3) is 5.91 Å². The van der Waals surface area contributed by atoms with Gasteiger partial charge in [-0.05, 0) is 43.9 Å². The Labute approximate surface area is 193 Å². The fourth-order valence-corrected chi connectivity index (χ4v) is 5.29. The first-order chi connectivity index (χ1) is 15.7. The SMILES string of the molecule is CCOC(=O)CCN(CC1CC1)C(=O)c1cc(=O)[nH]c2ccc(S(=O)(=O)N(CC)CC)cc12. The average molecular weight is 478 g/mol. The molecule has 0 bridgehead atoms. The summed E-state index contributed by atoms with van der Waals surface area (Å²) in [5.41, 5.74) is 0.0398. The molecule has 180 valence electrons. The first-order valence-corrected chi connectivity index (χ1v) is 12.8. The number of pyridine rings is 1. The topological polar surface area (TPSA) is 117 Å². The number of sulfonamides is 1. The summed E-state index contributed by atoms with van der Waals surface area (Å²) in [6, 6.07) is 5.58. The molecule has 0 radical (unpaired) electrons. The fourth-order valence-electron chi connectivity index (χ4n) is 3.80. The summed E-state index contributed by atoms with van der Waals surface area (Å²) < 4.78 is 32.4. The highest BCUT2D eigenvalue weighted by atomic mass is 32.2. The summed E-state index contributed by atoms with van der Waals surface area (Å²) in [7, 11) is -3.75. The molecule has 0 atom stereocenters. The largest absolute Gasteiger partial charge is 0.466 e. The number of H-pyrrole nitrogens is 1. The minimum atomic E-state index is -3.75. The summed E-state index contributed by atoms with van der Waals surface area (Å²) in [4.78, 5) is 41.9. The van der Waals surface area contributed by atoms with E-state index in [9.17, 15) is 22.8 Å². The molecular weight excluding hydrogens is 446 g/mol. The Morgan fingerprint density at radius 3 is 2.42 bits per heavy atom. The minimum absolute atomic E-state index is 0.0506. The molecule has 1 aliphatic carbocycles. The standard InChI is InChI=1S/C23H31N3O6S/c1-4-26(5-2)33(30,31)17-9-10-20-18(13-17)19(14-21(27)24-20)23(29)25(15-16-7-8-16)12-11-22(28)32-6-3/h9-10,13-14,16H,4-8,11-12,15H2,1-3H3,(H,24,27). The van der Waals surface area contributed by atoms with Crippen LogP contribution in [0.2, 0.25) is 0 Å². The van der Waals surface area contributed by atoms with E-state index in [1.54, 1.807) is 25.7 Å². The van der Waals surface area contributed by atoms with E-state index in [0.717, 1.165) is 12.8 Å². The molecule has 1 saturated carbocycles. The van der Waals surface area contributed by atoms with Crippen LogP contribution in [-0.2, 0) is 19.6 Å². The van der Waals surface area contributed by atoms with E-state index in [1.165, 1.54) is 28.6 Å². The zero-order valence-corrected chi connectivity index (χ0v) is 20.1. The summed E-state index contributed by atoms with van der Waals surface area (Å²) >= 11 is 0. The summed E-state index contributed by atoms with van der Waals surface area (Å²) in [6.07, 6.45) is 2.06. The lowest BCUT2D eigenvalue weighted by Gasteiger charge is -2.23. The van der Waals surface area contributed by atoms with Crippen LogP contribution in [0.3, 0.4) is 0 Å². The first-order valence-electron chi connectivity index (χ1n) is 11.3. The highest BCUT2D eigenvalue weighted by molar-refractivity contribution is 7.89. The van der Waals surface area contributed by atoms with Crippen LogP contribution in [-0.4, -0.2) is 67.3 Å². The number of aromatic nitrogens is 1. The van der Waals surface area contributed by atoms with Gasteiger partial charge < -0.3 is 14.6 Å². The lowest BCUT2D eigenvalue weighted by molar-refractivity contribution is -0.143. The van der Waals surface area contributed by atoms with Crippen molar-refractivity contribution in [2.45, 2.75) is 44.9 Å². The van der Waals surface area contributed by atoms with Gasteiger partial charge in [0.1, 0.15) is 0 Å². The van der Waals surface area contributed by atoms with Crippen molar-refractivity contribution in [1.29, 1.82) is 0 Å². The molecule has 0 saturated heterocycles. The van der Waals surface area contributed by atoms with Gasteiger partial charge in [0, 0.05) is 43.1 Å². The quantitative estimate of drug-likeness (QED) is 0.497. The Kier molecular flexibility index (Phi) is 7.91. The van der Waals surface area contributed by atoms with Crippen molar-refractivity contribution in [2.75, 3.05) is 32.8 Å². The molecular formula is C23H31N3O6S. The van der Waals surface area contributed by atoms with Crippen molar-refractivity contribution < 1.29 is 22.7 Å². The maximum Gasteiger partial charge on any atom is 0.307 e. The molecule has 33 heavy (non-hydrogen) atoms. The number of hydrogen-bond donors (Lipinski definition) is 1. The van der Waals surface area contributed by atoms with E-state index in [4.69, 9.17) is 4.74 Å². The van der Waals surface area contributed by atoms with Gasteiger partial charge in [0.2, 0.25) is 15.6 Å². The van der Waals surface area contributed by atoms with Gasteiger partial charge in [-0.1, -0.05) is 13.8 Å². The average Bonchev–Trinajstić information content (AvgIpc) is 3.60. The molecule has 1 N–H and O–H groups in total. The zero-order chi connectivity index (χ0) is 24.2. The minimum Gasteiger partial charge on any atom is -0.466 e. The molecule has 1 aromatic heterocycles. The summed E-state index contributed by atoms with van der Waals surface area (Å²) in [5, 5.41) is 0.352. The van der Waals surface area contributed by atoms with Crippen LogP contribution in [0.15, 0.2) is 34.0 Å². The van der Waals surface area contributed by atoms with Crippen molar-refractivity contribution in [3.8, 4) is 0 Å². The number of carbonyl (C=O) groups excluding carboxylic acids is 2. The van der Waals surface area contributed by atoms with Crippen LogP contribution in [0.4, 0.5) is 0 Å². The number of amides is 1. The van der Waals surface area contributed by atoms with Crippen LogP contribution >= 0.6 is 0 Å². The van der Waals surface area contributed by atoms with Crippen LogP contribution in [0.1, 0.15) is 50.4 Å². The number of ether oxygens (including phenoxy) is 1. The maximum absolute atomic E-state index is 13.5. The normalized spacial score (nSPS) is 13.9. The Balaban J connectivity index is 2.02. The van der Waals surface area contributed by atoms with Crippen LogP contribution in [0.25, 0.3) is 10.9 Å². The van der Waals surface area contributed by atoms with Gasteiger partial charge >= 0.3 is 5.97 Å². The van der Waals surface area contributed by atoms with Crippen molar-refractivity contribution in [2.24, 2.45) is 5.92 Å². The highest BCUT2D eigenvalue weighted by Crippen LogP contribution is 2.31. The van der Waals surface area contributed by atoms with E-state index in [-0.39, 0.29) is 30.0 Å². The molecule has 1 heterocycles. The van der Waals surface area contributed by atoms with Crippen LogP contribution in [0.5, 0.6) is 0 Å². The molecule has 1 aliphatic rings. The lowest BCUT2D eigenvalue weighted by atomic mass is 10.1. The van der Waals surface area contributed by atoms with Crippen LogP contribution < -0.4 is 5.56 Å². The van der Waals surface area contributed by atoms with Crippen molar-refractivity contribution in [3.63, 3.8) is 0 Å². The van der Waals surface area contributed by atoms with Gasteiger partial charge in [-0.15, -0.1) is 0 Å². The number of aromatic amines is 1. The Bertz CT molecular complexity index is 1180. The molecule has 10 heteroatoms. The molecule has 1 fully saturated rings. The fraction of sp³-hybridized carbons (Fsp3) is 0.522.